The van der Waals surface area contributed by atoms with Crippen LogP contribution >= 0.6 is 0 Å². The first-order valence-corrected chi connectivity index (χ1v) is 6.28. The Bertz CT molecular complexity index is 595. The van der Waals surface area contributed by atoms with Crippen LogP contribution in [0.15, 0.2) is 54.6 Å². The zero-order valence-electron chi connectivity index (χ0n) is 11.5. The lowest BCUT2D eigenvalue weighted by Gasteiger charge is -2.03. The molecule has 0 saturated carbocycles. The van der Waals surface area contributed by atoms with Gasteiger partial charge in [0.2, 0.25) is 0 Å². The smallest absolute Gasteiger partial charge is 0.336 e. The molecular weight excluding hydrogens is 252 g/mol. The average Bonchev–Trinajstić information content (AvgIpc) is 2.47. The van der Waals surface area contributed by atoms with E-state index in [2.05, 4.69) is 0 Å². The molecule has 0 amide bonds. The number of benzene rings is 2. The van der Waals surface area contributed by atoms with E-state index >= 15 is 0 Å². The first kappa shape index (κ1) is 13.9. The summed E-state index contributed by atoms with van der Waals surface area (Å²) in [5.41, 5.74) is 2.14. The van der Waals surface area contributed by atoms with Crippen LogP contribution in [0.1, 0.15) is 11.1 Å². The van der Waals surface area contributed by atoms with Gasteiger partial charge in [-0.05, 0) is 42.8 Å². The molecule has 2 aromatic rings. The van der Waals surface area contributed by atoms with E-state index in [0.29, 0.717) is 5.75 Å². The molecule has 0 spiro atoms. The quantitative estimate of drug-likeness (QED) is 0.482. The van der Waals surface area contributed by atoms with Gasteiger partial charge < -0.3 is 9.47 Å². The van der Waals surface area contributed by atoms with Crippen LogP contribution in [0.3, 0.4) is 0 Å². The van der Waals surface area contributed by atoms with Gasteiger partial charge >= 0.3 is 5.97 Å². The Hall–Kier alpha value is -2.55. The minimum Gasteiger partial charge on any atom is -0.497 e. The van der Waals surface area contributed by atoms with Crippen molar-refractivity contribution >= 4 is 12.0 Å². The van der Waals surface area contributed by atoms with Crippen molar-refractivity contribution in [1.82, 2.24) is 0 Å². The van der Waals surface area contributed by atoms with Gasteiger partial charge in [-0.3, -0.25) is 0 Å². The standard InChI is InChI=1S/C17H16O3/c1-13-3-5-14(6-4-13)7-12-17(18)20-16-10-8-15(19-2)9-11-16/h3-12H,1-2H3/b12-7+. The Kier molecular flexibility index (Phi) is 4.56. The maximum absolute atomic E-state index is 11.7. The highest BCUT2D eigenvalue weighted by molar-refractivity contribution is 5.88. The van der Waals surface area contributed by atoms with Crippen molar-refractivity contribution in [2.75, 3.05) is 7.11 Å². The molecule has 0 aliphatic rings. The molecule has 2 rings (SSSR count). The van der Waals surface area contributed by atoms with E-state index in [0.717, 1.165) is 11.3 Å². The summed E-state index contributed by atoms with van der Waals surface area (Å²) in [4.78, 5) is 11.7. The second-order valence-corrected chi connectivity index (χ2v) is 4.34. The number of carbonyl (C=O) groups excluding carboxylic acids is 1. The van der Waals surface area contributed by atoms with Gasteiger partial charge in [-0.15, -0.1) is 0 Å². The number of ether oxygens (including phenoxy) is 2. The van der Waals surface area contributed by atoms with Gasteiger partial charge in [-0.1, -0.05) is 29.8 Å². The molecule has 0 bridgehead atoms. The van der Waals surface area contributed by atoms with E-state index in [1.807, 2.05) is 31.2 Å². The lowest BCUT2D eigenvalue weighted by Crippen LogP contribution is -2.03. The van der Waals surface area contributed by atoms with Crippen LogP contribution in [0.5, 0.6) is 11.5 Å². The third-order valence-electron chi connectivity index (χ3n) is 2.77. The van der Waals surface area contributed by atoms with Crippen molar-refractivity contribution < 1.29 is 14.3 Å². The van der Waals surface area contributed by atoms with Gasteiger partial charge in [-0.2, -0.15) is 0 Å². The van der Waals surface area contributed by atoms with E-state index in [9.17, 15) is 4.79 Å². The predicted octanol–water partition coefficient (Wildman–Crippen LogP) is 3.62. The topological polar surface area (TPSA) is 35.5 Å². The number of hydrogen-bond donors (Lipinski definition) is 0. The number of methoxy groups -OCH3 is 1. The summed E-state index contributed by atoms with van der Waals surface area (Å²) in [6.45, 7) is 2.02. The summed E-state index contributed by atoms with van der Waals surface area (Å²) in [6, 6.07) is 14.8. The van der Waals surface area contributed by atoms with Gasteiger partial charge in [0.15, 0.2) is 0 Å². The highest BCUT2D eigenvalue weighted by atomic mass is 16.5. The van der Waals surface area contributed by atoms with E-state index < -0.39 is 5.97 Å². The van der Waals surface area contributed by atoms with Crippen LogP contribution in [0.25, 0.3) is 6.08 Å². The molecular formula is C17H16O3. The summed E-state index contributed by atoms with van der Waals surface area (Å²) in [7, 11) is 1.59. The largest absolute Gasteiger partial charge is 0.497 e. The molecule has 0 radical (unpaired) electrons. The molecule has 0 aliphatic heterocycles. The van der Waals surface area contributed by atoms with Crippen molar-refractivity contribution in [1.29, 1.82) is 0 Å². The molecule has 2 aromatic carbocycles. The zero-order chi connectivity index (χ0) is 14.4. The first-order valence-electron chi connectivity index (χ1n) is 6.28. The minimum absolute atomic E-state index is 0.407. The molecule has 0 unspecified atom stereocenters. The molecule has 0 heterocycles. The lowest BCUT2D eigenvalue weighted by molar-refractivity contribution is -0.128. The second-order valence-electron chi connectivity index (χ2n) is 4.34. The fraction of sp³-hybridized carbons (Fsp3) is 0.118. The minimum atomic E-state index is -0.407. The Balaban J connectivity index is 1.96. The highest BCUT2D eigenvalue weighted by Crippen LogP contribution is 2.17. The Morgan fingerprint density at radius 2 is 1.55 bits per heavy atom. The maximum Gasteiger partial charge on any atom is 0.336 e. The first-order chi connectivity index (χ1) is 9.67. The molecule has 0 aliphatic carbocycles. The van der Waals surface area contributed by atoms with Crippen molar-refractivity contribution in [2.45, 2.75) is 6.92 Å². The monoisotopic (exact) mass is 268 g/mol. The van der Waals surface area contributed by atoms with Crippen molar-refractivity contribution in [3.05, 3.63) is 65.7 Å². The summed E-state index contributed by atoms with van der Waals surface area (Å²) in [5, 5.41) is 0. The summed E-state index contributed by atoms with van der Waals surface area (Å²) >= 11 is 0. The molecule has 0 fully saturated rings. The summed E-state index contributed by atoms with van der Waals surface area (Å²) in [5.74, 6) is 0.806. The predicted molar refractivity (Wildman–Crippen MR) is 78.8 cm³/mol. The van der Waals surface area contributed by atoms with Gasteiger partial charge in [0.25, 0.3) is 0 Å². The van der Waals surface area contributed by atoms with Gasteiger partial charge in [0.05, 0.1) is 7.11 Å². The molecule has 0 aromatic heterocycles. The molecule has 102 valence electrons. The van der Waals surface area contributed by atoms with Crippen molar-refractivity contribution in [3.63, 3.8) is 0 Å². The van der Waals surface area contributed by atoms with Gasteiger partial charge in [0, 0.05) is 6.08 Å². The Morgan fingerprint density at radius 3 is 2.15 bits per heavy atom. The number of rotatable bonds is 4. The third-order valence-corrected chi connectivity index (χ3v) is 2.77. The van der Waals surface area contributed by atoms with Crippen LogP contribution in [0, 0.1) is 6.92 Å². The highest BCUT2D eigenvalue weighted by Gasteiger charge is 2.00. The van der Waals surface area contributed by atoms with Crippen molar-refractivity contribution in [3.8, 4) is 11.5 Å². The molecule has 0 atom stereocenters. The third kappa shape index (κ3) is 3.99. The Morgan fingerprint density at radius 1 is 0.950 bits per heavy atom. The van der Waals surface area contributed by atoms with Crippen LogP contribution < -0.4 is 9.47 Å². The second kappa shape index (κ2) is 6.57. The summed E-state index contributed by atoms with van der Waals surface area (Å²) in [6.07, 6.45) is 3.14. The fourth-order valence-corrected chi connectivity index (χ4v) is 1.64. The summed E-state index contributed by atoms with van der Waals surface area (Å²) < 4.78 is 10.2. The maximum atomic E-state index is 11.7. The molecule has 0 N–H and O–H groups in total. The van der Waals surface area contributed by atoms with E-state index in [-0.39, 0.29) is 0 Å². The average molecular weight is 268 g/mol. The van der Waals surface area contributed by atoms with Crippen LogP contribution in [0.4, 0.5) is 0 Å². The molecule has 20 heavy (non-hydrogen) atoms. The van der Waals surface area contributed by atoms with Crippen molar-refractivity contribution in [2.24, 2.45) is 0 Å². The molecule has 3 nitrogen and oxygen atoms in total. The van der Waals surface area contributed by atoms with Gasteiger partial charge in [0.1, 0.15) is 11.5 Å². The fourth-order valence-electron chi connectivity index (χ4n) is 1.64. The molecule has 0 saturated heterocycles. The Labute approximate surface area is 118 Å². The number of carbonyl (C=O) groups is 1. The van der Waals surface area contributed by atoms with Crippen LogP contribution in [-0.4, -0.2) is 13.1 Å². The number of aryl methyl sites for hydroxylation is 1. The normalized spacial score (nSPS) is 10.5. The van der Waals surface area contributed by atoms with E-state index in [4.69, 9.17) is 9.47 Å². The van der Waals surface area contributed by atoms with E-state index in [1.54, 1.807) is 37.5 Å². The van der Waals surface area contributed by atoms with Crippen LogP contribution in [0.2, 0.25) is 0 Å². The number of hydrogen-bond acceptors (Lipinski definition) is 3. The SMILES string of the molecule is COc1ccc(OC(=O)/C=C/c2ccc(C)cc2)cc1. The van der Waals surface area contributed by atoms with E-state index in [1.165, 1.54) is 11.6 Å². The van der Waals surface area contributed by atoms with Crippen LogP contribution in [-0.2, 0) is 4.79 Å². The zero-order valence-corrected chi connectivity index (χ0v) is 11.5. The van der Waals surface area contributed by atoms with Gasteiger partial charge in [-0.25, -0.2) is 4.79 Å². The molecule has 3 heteroatoms. The number of esters is 1. The lowest BCUT2D eigenvalue weighted by atomic mass is 10.1.